The normalized spacial score (nSPS) is 15.2. The molecule has 0 aromatic carbocycles. The lowest BCUT2D eigenvalue weighted by molar-refractivity contribution is 0.146. The van der Waals surface area contributed by atoms with Crippen molar-refractivity contribution in [1.29, 1.82) is 0 Å². The van der Waals surface area contributed by atoms with E-state index in [4.69, 9.17) is 0 Å². The number of hydrogen-bond donors (Lipinski definition) is 1. The first-order chi connectivity index (χ1) is 12.5. The van der Waals surface area contributed by atoms with E-state index < -0.39 is 17.7 Å². The van der Waals surface area contributed by atoms with Crippen LogP contribution in [0.1, 0.15) is 17.8 Å². The van der Waals surface area contributed by atoms with Gasteiger partial charge in [0.15, 0.2) is 0 Å². The van der Waals surface area contributed by atoms with Gasteiger partial charge < -0.3 is 9.80 Å². The molecule has 26 heavy (non-hydrogen) atoms. The molecule has 3 aromatic rings. The van der Waals surface area contributed by atoms with Crippen molar-refractivity contribution in [3.05, 3.63) is 40.2 Å². The van der Waals surface area contributed by atoms with Crippen LogP contribution in [0.4, 0.5) is 20.5 Å². The topological polar surface area (TPSA) is 95.3 Å². The van der Waals surface area contributed by atoms with Crippen LogP contribution >= 0.6 is 0 Å². The van der Waals surface area contributed by atoms with Crippen LogP contribution in [-0.4, -0.2) is 55.7 Å². The number of hydrogen-bond acceptors (Lipinski definition) is 7. The van der Waals surface area contributed by atoms with Crippen LogP contribution in [0, 0.1) is 6.92 Å². The fourth-order valence-electron chi connectivity index (χ4n) is 3.01. The lowest BCUT2D eigenvalue weighted by Gasteiger charge is -2.36. The number of nitrogens with zero attached hydrogens (tertiary/aromatic N) is 7. The summed E-state index contributed by atoms with van der Waals surface area (Å²) in [4.78, 5) is 30.4. The Balaban J connectivity index is 1.56. The maximum absolute atomic E-state index is 12.9. The second kappa shape index (κ2) is 6.32. The Hall–Kier alpha value is -3.11. The molecular formula is C15H16F2N8O. The molecule has 0 spiro atoms. The average molecular weight is 362 g/mol. The first-order valence-corrected chi connectivity index (χ1v) is 8.08. The molecule has 136 valence electrons. The van der Waals surface area contributed by atoms with Gasteiger partial charge in [0.05, 0.1) is 0 Å². The molecule has 1 N–H and O–H groups in total. The van der Waals surface area contributed by atoms with Crippen molar-refractivity contribution in [1.82, 2.24) is 29.5 Å². The van der Waals surface area contributed by atoms with E-state index in [-0.39, 0.29) is 5.95 Å². The summed E-state index contributed by atoms with van der Waals surface area (Å²) in [6.07, 6.45) is -1.33. The van der Waals surface area contributed by atoms with Crippen molar-refractivity contribution >= 4 is 17.5 Å². The van der Waals surface area contributed by atoms with Gasteiger partial charge in [-0.15, -0.1) is 0 Å². The van der Waals surface area contributed by atoms with Crippen molar-refractivity contribution < 1.29 is 8.78 Å². The smallest absolute Gasteiger partial charge is 0.280 e. The van der Waals surface area contributed by atoms with Gasteiger partial charge >= 0.3 is 0 Å². The van der Waals surface area contributed by atoms with Crippen LogP contribution in [-0.2, 0) is 0 Å². The van der Waals surface area contributed by atoms with Gasteiger partial charge in [-0.25, -0.2) is 18.7 Å². The third-order valence-corrected chi connectivity index (χ3v) is 4.24. The second-order valence-corrected chi connectivity index (χ2v) is 6.00. The third-order valence-electron chi connectivity index (χ3n) is 4.24. The molecular weight excluding hydrogens is 346 g/mol. The van der Waals surface area contributed by atoms with Gasteiger partial charge in [-0.2, -0.15) is 14.6 Å². The number of nitrogens with one attached hydrogen (secondary N) is 1. The molecule has 4 rings (SSSR count). The maximum atomic E-state index is 12.9. The fourth-order valence-corrected chi connectivity index (χ4v) is 3.01. The van der Waals surface area contributed by atoms with E-state index in [1.165, 1.54) is 6.33 Å². The standard InChI is InChI=1S/C15H16F2N8O/c1-9-6-12(25-14(20-9)18-8-19-25)23-2-4-24(5-3-23)15-21-10(13(16)17)7-11(26)22-15/h6-8,13H,2-5H2,1H3,(H,21,22,26). The Morgan fingerprint density at radius 3 is 2.58 bits per heavy atom. The van der Waals surface area contributed by atoms with E-state index in [0.717, 1.165) is 17.6 Å². The Labute approximate surface area is 146 Å². The Morgan fingerprint density at radius 2 is 1.85 bits per heavy atom. The van der Waals surface area contributed by atoms with Gasteiger partial charge in [-0.05, 0) is 6.92 Å². The monoisotopic (exact) mass is 362 g/mol. The Kier molecular flexibility index (Phi) is 3.98. The van der Waals surface area contributed by atoms with Crippen LogP contribution in [0.2, 0.25) is 0 Å². The van der Waals surface area contributed by atoms with Crippen molar-refractivity contribution in [2.75, 3.05) is 36.0 Å². The number of aromatic nitrogens is 6. The lowest BCUT2D eigenvalue weighted by atomic mass is 10.3. The molecule has 1 saturated heterocycles. The van der Waals surface area contributed by atoms with Gasteiger partial charge in [0, 0.05) is 44.0 Å². The average Bonchev–Trinajstić information content (AvgIpc) is 3.09. The van der Waals surface area contributed by atoms with E-state index in [1.807, 2.05) is 13.0 Å². The highest BCUT2D eigenvalue weighted by Gasteiger charge is 2.23. The van der Waals surface area contributed by atoms with E-state index in [1.54, 1.807) is 9.42 Å². The minimum atomic E-state index is -2.78. The molecule has 0 bridgehead atoms. The van der Waals surface area contributed by atoms with Gasteiger partial charge in [0.2, 0.25) is 5.95 Å². The molecule has 0 amide bonds. The van der Waals surface area contributed by atoms with Gasteiger partial charge in [-0.1, -0.05) is 0 Å². The highest BCUT2D eigenvalue weighted by molar-refractivity contribution is 5.49. The van der Waals surface area contributed by atoms with E-state index >= 15 is 0 Å². The molecule has 3 aromatic heterocycles. The largest absolute Gasteiger partial charge is 0.353 e. The highest BCUT2D eigenvalue weighted by atomic mass is 19.3. The number of alkyl halides is 2. The SMILES string of the molecule is Cc1cc(N2CCN(c3nc(C(F)F)cc(=O)[nH]3)CC2)n2ncnc2n1. The molecule has 0 radical (unpaired) electrons. The maximum Gasteiger partial charge on any atom is 0.280 e. The number of piperazine rings is 1. The number of rotatable bonds is 3. The van der Waals surface area contributed by atoms with Crippen LogP contribution < -0.4 is 15.4 Å². The van der Waals surface area contributed by atoms with Crippen molar-refractivity contribution in [3.63, 3.8) is 0 Å². The van der Waals surface area contributed by atoms with Crippen LogP contribution in [0.15, 0.2) is 23.3 Å². The quantitative estimate of drug-likeness (QED) is 0.736. The Morgan fingerprint density at radius 1 is 1.12 bits per heavy atom. The number of fused-ring (bicyclic) bond motifs is 1. The predicted molar refractivity (Wildman–Crippen MR) is 89.8 cm³/mol. The van der Waals surface area contributed by atoms with E-state index in [9.17, 15) is 13.6 Å². The summed E-state index contributed by atoms with van der Waals surface area (Å²) < 4.78 is 27.4. The van der Waals surface area contributed by atoms with Gasteiger partial charge in [-0.3, -0.25) is 9.78 Å². The number of halogens is 2. The lowest BCUT2D eigenvalue weighted by Crippen LogP contribution is -2.48. The van der Waals surface area contributed by atoms with Gasteiger partial charge in [0.25, 0.3) is 17.8 Å². The molecule has 0 aliphatic carbocycles. The summed E-state index contributed by atoms with van der Waals surface area (Å²) >= 11 is 0. The predicted octanol–water partition coefficient (Wildman–Crippen LogP) is 0.780. The molecule has 11 heteroatoms. The molecule has 9 nitrogen and oxygen atoms in total. The first-order valence-electron chi connectivity index (χ1n) is 8.08. The third kappa shape index (κ3) is 2.95. The molecule has 0 saturated carbocycles. The summed E-state index contributed by atoms with van der Waals surface area (Å²) in [7, 11) is 0. The minimum Gasteiger partial charge on any atom is -0.353 e. The highest BCUT2D eigenvalue weighted by Crippen LogP contribution is 2.21. The number of aryl methyl sites for hydroxylation is 1. The number of aromatic amines is 1. The zero-order valence-corrected chi connectivity index (χ0v) is 13.9. The zero-order valence-electron chi connectivity index (χ0n) is 13.9. The second-order valence-electron chi connectivity index (χ2n) is 6.00. The molecule has 4 heterocycles. The molecule has 1 fully saturated rings. The summed E-state index contributed by atoms with van der Waals surface area (Å²) in [6.45, 7) is 4.15. The summed E-state index contributed by atoms with van der Waals surface area (Å²) in [6, 6.07) is 2.75. The van der Waals surface area contributed by atoms with Gasteiger partial charge in [0.1, 0.15) is 17.8 Å². The van der Waals surface area contributed by atoms with E-state index in [0.29, 0.717) is 32.0 Å². The van der Waals surface area contributed by atoms with Crippen molar-refractivity contribution in [3.8, 4) is 0 Å². The summed E-state index contributed by atoms with van der Waals surface area (Å²) in [5.41, 5.74) is -0.263. The molecule has 1 aliphatic rings. The fraction of sp³-hybridized carbons (Fsp3) is 0.400. The Bertz CT molecular complexity index is 993. The summed E-state index contributed by atoms with van der Waals surface area (Å²) in [5, 5.41) is 4.20. The summed E-state index contributed by atoms with van der Waals surface area (Å²) in [5.74, 6) is 1.56. The first kappa shape index (κ1) is 16.4. The van der Waals surface area contributed by atoms with Crippen LogP contribution in [0.25, 0.3) is 5.78 Å². The zero-order chi connectivity index (χ0) is 18.3. The van der Waals surface area contributed by atoms with E-state index in [2.05, 4.69) is 29.9 Å². The van der Waals surface area contributed by atoms with Crippen LogP contribution in [0.3, 0.4) is 0 Å². The van der Waals surface area contributed by atoms with Crippen molar-refractivity contribution in [2.45, 2.75) is 13.3 Å². The molecule has 1 aliphatic heterocycles. The van der Waals surface area contributed by atoms with Crippen molar-refractivity contribution in [2.24, 2.45) is 0 Å². The number of anilines is 2. The number of H-pyrrole nitrogens is 1. The molecule has 0 atom stereocenters. The minimum absolute atomic E-state index is 0.171. The molecule has 0 unspecified atom stereocenters. The van der Waals surface area contributed by atoms with Crippen LogP contribution in [0.5, 0.6) is 0 Å².